The van der Waals surface area contributed by atoms with Gasteiger partial charge in [-0.25, -0.2) is 4.79 Å². The maximum absolute atomic E-state index is 12.8. The second-order valence-corrected chi connectivity index (χ2v) is 6.30. The van der Waals surface area contributed by atoms with E-state index in [9.17, 15) is 9.59 Å². The minimum absolute atomic E-state index is 0.165. The molecule has 0 aliphatic rings. The summed E-state index contributed by atoms with van der Waals surface area (Å²) in [7, 11) is 0. The molecule has 9 heteroatoms. The number of carbonyl (C=O) groups excluding carboxylic acids is 2. The quantitative estimate of drug-likeness (QED) is 0.515. The van der Waals surface area contributed by atoms with E-state index in [2.05, 4.69) is 20.4 Å². The summed E-state index contributed by atoms with van der Waals surface area (Å²) in [5.74, 6) is -0.532. The van der Waals surface area contributed by atoms with Gasteiger partial charge >= 0.3 is 5.97 Å². The maximum atomic E-state index is 12.8. The van der Waals surface area contributed by atoms with Crippen LogP contribution in [0, 0.1) is 13.8 Å². The molecule has 0 bridgehead atoms. The molecule has 1 aromatic carbocycles. The number of esters is 1. The molecule has 3 rings (SSSR count). The Balaban J connectivity index is 1.87. The van der Waals surface area contributed by atoms with Gasteiger partial charge in [0.05, 0.1) is 22.8 Å². The van der Waals surface area contributed by atoms with Crippen LogP contribution in [0.1, 0.15) is 39.0 Å². The van der Waals surface area contributed by atoms with E-state index in [0.717, 1.165) is 0 Å². The van der Waals surface area contributed by atoms with Gasteiger partial charge in [0.1, 0.15) is 6.54 Å². The number of Topliss-reactive ketones (excluding diaryl/α,β-unsaturated/α-hetero) is 1. The zero-order valence-electron chi connectivity index (χ0n) is 15.1. The van der Waals surface area contributed by atoms with E-state index >= 15 is 0 Å². The second kappa shape index (κ2) is 7.71. The zero-order chi connectivity index (χ0) is 19.6. The van der Waals surface area contributed by atoms with Crippen LogP contribution in [0.3, 0.4) is 0 Å². The summed E-state index contributed by atoms with van der Waals surface area (Å²) in [6, 6.07) is 7.10. The molecule has 27 heavy (non-hydrogen) atoms. The lowest BCUT2D eigenvalue weighted by Crippen LogP contribution is -2.17. The van der Waals surface area contributed by atoms with Crippen LogP contribution in [-0.2, 0) is 11.3 Å². The molecule has 0 aliphatic heterocycles. The predicted octanol–water partition coefficient (Wildman–Crippen LogP) is 3.00. The second-order valence-electron chi connectivity index (χ2n) is 5.89. The number of nitrogens with one attached hydrogen (secondary N) is 1. The van der Waals surface area contributed by atoms with Gasteiger partial charge < -0.3 is 9.72 Å². The first-order valence-electron chi connectivity index (χ1n) is 8.34. The van der Waals surface area contributed by atoms with Gasteiger partial charge in [0, 0.05) is 17.0 Å². The third kappa shape index (κ3) is 3.75. The molecule has 0 amide bonds. The highest BCUT2D eigenvalue weighted by atomic mass is 35.5. The molecule has 0 radical (unpaired) electrons. The van der Waals surface area contributed by atoms with Crippen molar-refractivity contribution in [3.63, 3.8) is 0 Å². The average Bonchev–Trinajstić information content (AvgIpc) is 3.19. The zero-order valence-corrected chi connectivity index (χ0v) is 15.9. The fourth-order valence-corrected chi connectivity index (χ4v) is 3.08. The molecule has 0 fully saturated rings. The van der Waals surface area contributed by atoms with E-state index < -0.39 is 5.97 Å². The van der Waals surface area contributed by atoms with Gasteiger partial charge in [-0.05, 0) is 38.1 Å². The molecule has 1 N–H and O–H groups in total. The number of halogens is 1. The molecule has 0 aliphatic carbocycles. The van der Waals surface area contributed by atoms with Crippen molar-refractivity contribution >= 4 is 23.4 Å². The lowest BCUT2D eigenvalue weighted by Gasteiger charge is -2.05. The van der Waals surface area contributed by atoms with Crippen LogP contribution in [-0.4, -0.2) is 43.6 Å². The van der Waals surface area contributed by atoms with E-state index in [1.54, 1.807) is 39.0 Å². The molecule has 140 valence electrons. The number of rotatable bonds is 6. The predicted molar refractivity (Wildman–Crippen MR) is 98.8 cm³/mol. The van der Waals surface area contributed by atoms with Crippen molar-refractivity contribution in [2.45, 2.75) is 27.3 Å². The number of aryl methyl sites for hydroxylation is 2. The topological polar surface area (TPSA) is 103 Å². The first kappa shape index (κ1) is 18.8. The summed E-state index contributed by atoms with van der Waals surface area (Å²) < 4.78 is 5.06. The molecule has 2 heterocycles. The SMILES string of the molecule is CCOC(=O)c1c(C)[nH]c(C)c1C(=O)Cn1nnc(-c2ccccc2Cl)n1. The highest BCUT2D eigenvalue weighted by molar-refractivity contribution is 6.33. The first-order valence-corrected chi connectivity index (χ1v) is 8.72. The van der Waals surface area contributed by atoms with Crippen LogP contribution in [0.4, 0.5) is 0 Å². The highest BCUT2D eigenvalue weighted by Crippen LogP contribution is 2.24. The molecule has 0 spiro atoms. The van der Waals surface area contributed by atoms with E-state index in [1.807, 2.05) is 6.07 Å². The Bertz CT molecular complexity index is 1010. The third-order valence-corrected chi connectivity index (χ3v) is 4.32. The van der Waals surface area contributed by atoms with Gasteiger partial charge in [0.15, 0.2) is 5.78 Å². The number of carbonyl (C=O) groups is 2. The van der Waals surface area contributed by atoms with E-state index in [0.29, 0.717) is 27.8 Å². The minimum Gasteiger partial charge on any atom is -0.462 e. The molecular weight excluding hydrogens is 370 g/mol. The highest BCUT2D eigenvalue weighted by Gasteiger charge is 2.26. The van der Waals surface area contributed by atoms with Crippen molar-refractivity contribution in [1.29, 1.82) is 0 Å². The monoisotopic (exact) mass is 387 g/mol. The van der Waals surface area contributed by atoms with Crippen LogP contribution < -0.4 is 0 Å². The van der Waals surface area contributed by atoms with Crippen LogP contribution in [0.2, 0.25) is 5.02 Å². The first-order chi connectivity index (χ1) is 12.9. The molecule has 2 aromatic heterocycles. The minimum atomic E-state index is -0.536. The van der Waals surface area contributed by atoms with Gasteiger partial charge in [0.2, 0.25) is 5.82 Å². The van der Waals surface area contributed by atoms with Gasteiger partial charge in [-0.2, -0.15) is 4.80 Å². The van der Waals surface area contributed by atoms with Crippen LogP contribution in [0.15, 0.2) is 24.3 Å². The summed E-state index contributed by atoms with van der Waals surface area (Å²) in [6.07, 6.45) is 0. The summed E-state index contributed by atoms with van der Waals surface area (Å²) in [5, 5.41) is 12.6. The van der Waals surface area contributed by atoms with Crippen molar-refractivity contribution in [1.82, 2.24) is 25.2 Å². The maximum Gasteiger partial charge on any atom is 0.340 e. The van der Waals surface area contributed by atoms with E-state index in [1.165, 1.54) is 4.80 Å². The van der Waals surface area contributed by atoms with Crippen molar-refractivity contribution < 1.29 is 14.3 Å². The largest absolute Gasteiger partial charge is 0.462 e. The van der Waals surface area contributed by atoms with Gasteiger partial charge in [-0.15, -0.1) is 10.2 Å². The number of aromatic amines is 1. The number of hydrogen-bond donors (Lipinski definition) is 1. The summed E-state index contributed by atoms with van der Waals surface area (Å²) in [5.41, 5.74) is 2.32. The number of hydrogen-bond acceptors (Lipinski definition) is 6. The Morgan fingerprint density at radius 3 is 2.59 bits per heavy atom. The van der Waals surface area contributed by atoms with Gasteiger partial charge in [-0.1, -0.05) is 23.7 Å². The van der Waals surface area contributed by atoms with Gasteiger partial charge in [-0.3, -0.25) is 4.79 Å². The van der Waals surface area contributed by atoms with Crippen molar-refractivity contribution in [2.75, 3.05) is 6.61 Å². The van der Waals surface area contributed by atoms with E-state index in [4.69, 9.17) is 16.3 Å². The summed E-state index contributed by atoms with van der Waals surface area (Å²) in [6.45, 7) is 5.22. The summed E-state index contributed by atoms with van der Waals surface area (Å²) in [4.78, 5) is 29.2. The third-order valence-electron chi connectivity index (χ3n) is 3.99. The van der Waals surface area contributed by atoms with Crippen molar-refractivity contribution in [3.05, 3.63) is 51.8 Å². The Labute approximate surface area is 160 Å². The van der Waals surface area contributed by atoms with Crippen LogP contribution in [0.5, 0.6) is 0 Å². The number of tetrazole rings is 1. The average molecular weight is 388 g/mol. The number of benzene rings is 1. The molecule has 8 nitrogen and oxygen atoms in total. The lowest BCUT2D eigenvalue weighted by atomic mass is 10.0. The number of ether oxygens (including phenoxy) is 1. The lowest BCUT2D eigenvalue weighted by molar-refractivity contribution is 0.0522. The Hall–Kier alpha value is -3.00. The van der Waals surface area contributed by atoms with Crippen LogP contribution >= 0.6 is 11.6 Å². The number of H-pyrrole nitrogens is 1. The Morgan fingerprint density at radius 1 is 1.19 bits per heavy atom. The molecule has 0 saturated heterocycles. The fourth-order valence-electron chi connectivity index (χ4n) is 2.86. The number of ketones is 1. The Kier molecular flexibility index (Phi) is 5.36. The molecular formula is C18H18ClN5O3. The molecule has 0 unspecified atom stereocenters. The number of aromatic nitrogens is 5. The van der Waals surface area contributed by atoms with Crippen molar-refractivity contribution in [3.8, 4) is 11.4 Å². The molecule has 0 saturated carbocycles. The standard InChI is InChI=1S/C18H18ClN5O3/c1-4-27-18(26)16-11(3)20-10(2)15(16)14(25)9-24-22-17(21-23-24)12-7-5-6-8-13(12)19/h5-8,20H,4,9H2,1-3H3. The summed E-state index contributed by atoms with van der Waals surface area (Å²) >= 11 is 6.14. The van der Waals surface area contributed by atoms with E-state index in [-0.39, 0.29) is 30.1 Å². The molecule has 3 aromatic rings. The van der Waals surface area contributed by atoms with Crippen LogP contribution in [0.25, 0.3) is 11.4 Å². The smallest absolute Gasteiger partial charge is 0.340 e. The fraction of sp³-hybridized carbons (Fsp3) is 0.278. The van der Waals surface area contributed by atoms with Crippen molar-refractivity contribution in [2.24, 2.45) is 0 Å². The number of nitrogens with zero attached hydrogens (tertiary/aromatic N) is 4. The normalized spacial score (nSPS) is 10.8. The van der Waals surface area contributed by atoms with Gasteiger partial charge in [0.25, 0.3) is 0 Å². The molecule has 0 atom stereocenters. The Morgan fingerprint density at radius 2 is 1.89 bits per heavy atom.